The van der Waals surface area contributed by atoms with E-state index in [1.54, 1.807) is 0 Å². The van der Waals surface area contributed by atoms with Crippen LogP contribution in [0.3, 0.4) is 0 Å². The number of nitriles is 1. The molecule has 1 heterocycles. The Balaban J connectivity index is 2.30. The van der Waals surface area contributed by atoms with Crippen molar-refractivity contribution < 1.29 is 4.79 Å². The molecule has 1 N–H and O–H groups in total. The molecule has 16 heavy (non-hydrogen) atoms. The number of benzene rings is 1. The third-order valence-corrected chi connectivity index (χ3v) is 2.84. The average Bonchev–Trinajstić information content (AvgIpc) is 2.63. The minimum Gasteiger partial charge on any atom is -0.328 e. The molecule has 1 aliphatic rings. The number of rotatable bonds is 1. The van der Waals surface area contributed by atoms with Gasteiger partial charge in [0.25, 0.3) is 0 Å². The molecule has 0 radical (unpaired) electrons. The van der Waals surface area contributed by atoms with Gasteiger partial charge in [0.05, 0.1) is 12.6 Å². The summed E-state index contributed by atoms with van der Waals surface area (Å²) in [6.45, 7) is 4.44. The van der Waals surface area contributed by atoms with E-state index in [9.17, 15) is 4.79 Å². The number of aryl methyl sites for hydroxylation is 2. The number of hydrogen-bond donors (Lipinski definition) is 1. The fourth-order valence-corrected chi connectivity index (χ4v) is 1.94. The summed E-state index contributed by atoms with van der Waals surface area (Å²) in [5, 5.41) is 11.5. The lowest BCUT2D eigenvalue weighted by atomic mass is 9.99. The molecule has 1 aliphatic heterocycles. The summed E-state index contributed by atoms with van der Waals surface area (Å²) in [4.78, 5) is 12.5. The first kappa shape index (κ1) is 10.5. The van der Waals surface area contributed by atoms with Crippen LogP contribution in [-0.4, -0.2) is 17.5 Å². The summed E-state index contributed by atoms with van der Waals surface area (Å²) in [5.74, 6) is 0. The highest BCUT2D eigenvalue weighted by Crippen LogP contribution is 2.23. The van der Waals surface area contributed by atoms with Crippen LogP contribution < -0.4 is 5.32 Å². The van der Waals surface area contributed by atoms with Crippen LogP contribution >= 0.6 is 0 Å². The van der Waals surface area contributed by atoms with Gasteiger partial charge in [-0.05, 0) is 25.0 Å². The molecule has 4 nitrogen and oxygen atoms in total. The molecule has 1 atom stereocenters. The monoisotopic (exact) mass is 215 g/mol. The van der Waals surface area contributed by atoms with E-state index in [-0.39, 0.29) is 12.1 Å². The predicted octanol–water partition coefficient (Wildman–Crippen LogP) is 1.85. The van der Waals surface area contributed by atoms with E-state index >= 15 is 0 Å². The van der Waals surface area contributed by atoms with Crippen molar-refractivity contribution in [1.82, 2.24) is 10.2 Å². The van der Waals surface area contributed by atoms with E-state index in [4.69, 9.17) is 5.26 Å². The molecule has 0 aromatic heterocycles. The molecular weight excluding hydrogens is 202 g/mol. The maximum Gasteiger partial charge on any atom is 0.331 e. The van der Waals surface area contributed by atoms with Crippen molar-refractivity contribution in [2.75, 3.05) is 6.54 Å². The highest BCUT2D eigenvalue weighted by molar-refractivity contribution is 5.78. The maximum atomic E-state index is 11.4. The summed E-state index contributed by atoms with van der Waals surface area (Å²) < 4.78 is 0. The van der Waals surface area contributed by atoms with Crippen molar-refractivity contribution in [3.05, 3.63) is 34.9 Å². The predicted molar refractivity (Wildman–Crippen MR) is 59.5 cm³/mol. The molecule has 4 heteroatoms. The third-order valence-electron chi connectivity index (χ3n) is 2.84. The van der Waals surface area contributed by atoms with Gasteiger partial charge in [-0.3, -0.25) is 0 Å². The Hall–Kier alpha value is -2.02. The van der Waals surface area contributed by atoms with Gasteiger partial charge in [-0.2, -0.15) is 5.26 Å². The molecule has 1 aromatic carbocycles. The Morgan fingerprint density at radius 1 is 1.50 bits per heavy atom. The van der Waals surface area contributed by atoms with Crippen LogP contribution in [0.25, 0.3) is 0 Å². The number of carbonyl (C=O) groups excluding carboxylic acids is 1. The topological polar surface area (TPSA) is 56.1 Å². The molecule has 82 valence electrons. The van der Waals surface area contributed by atoms with Crippen molar-refractivity contribution in [2.24, 2.45) is 0 Å². The van der Waals surface area contributed by atoms with Gasteiger partial charge in [-0.15, -0.1) is 0 Å². The molecule has 2 amide bonds. The van der Waals surface area contributed by atoms with Crippen molar-refractivity contribution in [3.8, 4) is 6.19 Å². The summed E-state index contributed by atoms with van der Waals surface area (Å²) in [7, 11) is 0. The van der Waals surface area contributed by atoms with Crippen molar-refractivity contribution in [1.29, 1.82) is 5.26 Å². The number of nitrogens with zero attached hydrogens (tertiary/aromatic N) is 2. The zero-order valence-electron chi connectivity index (χ0n) is 9.32. The molecule has 1 unspecified atom stereocenters. The van der Waals surface area contributed by atoms with Gasteiger partial charge in [-0.1, -0.05) is 23.8 Å². The van der Waals surface area contributed by atoms with Crippen molar-refractivity contribution >= 4 is 6.03 Å². The smallest absolute Gasteiger partial charge is 0.328 e. The Morgan fingerprint density at radius 2 is 2.25 bits per heavy atom. The van der Waals surface area contributed by atoms with Crippen molar-refractivity contribution in [2.45, 2.75) is 19.9 Å². The van der Waals surface area contributed by atoms with Gasteiger partial charge in [-0.25, -0.2) is 9.69 Å². The van der Waals surface area contributed by atoms with E-state index in [1.807, 2.05) is 32.2 Å². The molecule has 1 aromatic rings. The second-order valence-electron chi connectivity index (χ2n) is 4.07. The van der Waals surface area contributed by atoms with Crippen LogP contribution in [0.1, 0.15) is 22.7 Å². The van der Waals surface area contributed by atoms with Crippen LogP contribution in [-0.2, 0) is 0 Å². The molecule has 0 bridgehead atoms. The molecule has 1 saturated heterocycles. The molecule has 2 rings (SSSR count). The highest BCUT2D eigenvalue weighted by Gasteiger charge is 2.30. The largest absolute Gasteiger partial charge is 0.331 e. The first-order chi connectivity index (χ1) is 7.61. The van der Waals surface area contributed by atoms with Crippen LogP contribution in [0, 0.1) is 25.3 Å². The number of nitrogens with one attached hydrogen (secondary N) is 1. The van der Waals surface area contributed by atoms with E-state index in [0.29, 0.717) is 6.54 Å². The molecule has 0 aliphatic carbocycles. The first-order valence-corrected chi connectivity index (χ1v) is 5.16. The number of urea groups is 1. The van der Waals surface area contributed by atoms with Crippen LogP contribution in [0.2, 0.25) is 0 Å². The summed E-state index contributed by atoms with van der Waals surface area (Å²) in [6, 6.07) is 5.74. The van der Waals surface area contributed by atoms with Gasteiger partial charge < -0.3 is 5.32 Å². The summed E-state index contributed by atoms with van der Waals surface area (Å²) in [5.41, 5.74) is 3.38. The summed E-state index contributed by atoms with van der Waals surface area (Å²) >= 11 is 0. The zero-order valence-corrected chi connectivity index (χ0v) is 9.32. The maximum absolute atomic E-state index is 11.4. The molecule has 0 saturated carbocycles. The van der Waals surface area contributed by atoms with E-state index in [2.05, 4.69) is 11.4 Å². The Morgan fingerprint density at radius 3 is 2.88 bits per heavy atom. The minimum atomic E-state index is -0.312. The molecular formula is C12H13N3O. The lowest BCUT2D eigenvalue weighted by molar-refractivity contribution is 0.232. The fourth-order valence-electron chi connectivity index (χ4n) is 1.94. The van der Waals surface area contributed by atoms with Gasteiger partial charge in [0.15, 0.2) is 6.19 Å². The lowest BCUT2D eigenvalue weighted by Crippen LogP contribution is -2.23. The second kappa shape index (κ2) is 3.86. The number of carbonyl (C=O) groups is 1. The SMILES string of the molecule is Cc1ccc(C)c(C2CN(C#N)C(=O)N2)c1. The van der Waals surface area contributed by atoms with E-state index < -0.39 is 0 Å². The van der Waals surface area contributed by atoms with Gasteiger partial charge in [0.1, 0.15) is 0 Å². The Labute approximate surface area is 94.5 Å². The lowest BCUT2D eigenvalue weighted by Gasteiger charge is -2.13. The molecule has 0 spiro atoms. The zero-order chi connectivity index (χ0) is 11.7. The summed E-state index contributed by atoms with van der Waals surface area (Å²) in [6.07, 6.45) is 1.87. The molecule has 1 fully saturated rings. The van der Waals surface area contributed by atoms with Gasteiger partial charge in [0.2, 0.25) is 0 Å². The standard InChI is InChI=1S/C12H13N3O/c1-8-3-4-9(2)10(5-8)11-6-15(7-13)12(16)14-11/h3-5,11H,6H2,1-2H3,(H,14,16). The van der Waals surface area contributed by atoms with Crippen LogP contribution in [0.4, 0.5) is 4.79 Å². The van der Waals surface area contributed by atoms with Gasteiger partial charge >= 0.3 is 6.03 Å². The van der Waals surface area contributed by atoms with Gasteiger partial charge in [0, 0.05) is 0 Å². The highest BCUT2D eigenvalue weighted by atomic mass is 16.2. The van der Waals surface area contributed by atoms with Crippen molar-refractivity contribution in [3.63, 3.8) is 0 Å². The average molecular weight is 215 g/mol. The second-order valence-corrected chi connectivity index (χ2v) is 4.07. The quantitative estimate of drug-likeness (QED) is 0.727. The normalized spacial score (nSPS) is 19.4. The Kier molecular flexibility index (Phi) is 2.53. The fraction of sp³-hybridized carbons (Fsp3) is 0.333. The number of amides is 2. The first-order valence-electron chi connectivity index (χ1n) is 5.16. The Bertz CT molecular complexity index is 476. The van der Waals surface area contributed by atoms with E-state index in [1.165, 1.54) is 0 Å². The minimum absolute atomic E-state index is 0.0768. The van der Waals surface area contributed by atoms with Crippen LogP contribution in [0.15, 0.2) is 18.2 Å². The van der Waals surface area contributed by atoms with E-state index in [0.717, 1.165) is 21.6 Å². The third kappa shape index (κ3) is 1.72. The van der Waals surface area contributed by atoms with Crippen LogP contribution in [0.5, 0.6) is 0 Å². The number of hydrogen-bond acceptors (Lipinski definition) is 2.